The molecule has 8 nitrogen and oxygen atoms in total. The fourth-order valence-electron chi connectivity index (χ4n) is 3.79. The highest BCUT2D eigenvalue weighted by molar-refractivity contribution is 7.89. The van der Waals surface area contributed by atoms with Crippen LogP contribution in [0.25, 0.3) is 11.0 Å². The Balaban J connectivity index is 1.39. The molecule has 3 aromatic rings. The molecule has 4 rings (SSSR count). The van der Waals surface area contributed by atoms with E-state index in [1.807, 2.05) is 25.2 Å². The van der Waals surface area contributed by atoms with Crippen LogP contribution in [0.1, 0.15) is 12.7 Å². The first-order chi connectivity index (χ1) is 14.5. The molecule has 9 heteroatoms. The largest absolute Gasteiger partial charge is 0.370 e. The van der Waals surface area contributed by atoms with Crippen LogP contribution < -0.4 is 5.32 Å². The minimum Gasteiger partial charge on any atom is -0.370 e. The van der Waals surface area contributed by atoms with Crippen molar-refractivity contribution < 1.29 is 8.42 Å². The zero-order valence-electron chi connectivity index (χ0n) is 17.5. The van der Waals surface area contributed by atoms with Gasteiger partial charge < -0.3 is 14.8 Å². The molecule has 0 saturated carbocycles. The molecule has 1 fully saturated rings. The van der Waals surface area contributed by atoms with Crippen LogP contribution >= 0.6 is 0 Å². The molecule has 1 saturated heterocycles. The molecule has 0 radical (unpaired) electrons. The zero-order chi connectivity index (χ0) is 21.1. The van der Waals surface area contributed by atoms with Gasteiger partial charge in [0, 0.05) is 51.9 Å². The van der Waals surface area contributed by atoms with Gasteiger partial charge in [-0.1, -0.05) is 12.1 Å². The number of benzene rings is 1. The SMILES string of the molecule is CCn1c(CCNc2ccc(S(=O)(=O)N3CCN(C)CC3)cn2)nc2ccccc21. The lowest BCUT2D eigenvalue weighted by Crippen LogP contribution is -2.47. The molecule has 1 aromatic carbocycles. The molecule has 1 N–H and O–H groups in total. The van der Waals surface area contributed by atoms with Crippen molar-refractivity contribution >= 4 is 26.9 Å². The number of piperazine rings is 1. The average Bonchev–Trinajstić information content (AvgIpc) is 3.12. The number of hydrogen-bond donors (Lipinski definition) is 1. The number of hydrogen-bond acceptors (Lipinski definition) is 6. The van der Waals surface area contributed by atoms with Crippen LogP contribution in [0.15, 0.2) is 47.5 Å². The first-order valence-electron chi connectivity index (χ1n) is 10.3. The van der Waals surface area contributed by atoms with Gasteiger partial charge in [-0.05, 0) is 38.2 Å². The number of para-hydroxylation sites is 2. The van der Waals surface area contributed by atoms with E-state index in [0.29, 0.717) is 25.5 Å². The summed E-state index contributed by atoms with van der Waals surface area (Å²) in [5.74, 6) is 1.69. The van der Waals surface area contributed by atoms with Gasteiger partial charge in [0.2, 0.25) is 10.0 Å². The van der Waals surface area contributed by atoms with E-state index in [0.717, 1.165) is 42.9 Å². The molecular weight excluding hydrogens is 400 g/mol. The van der Waals surface area contributed by atoms with Gasteiger partial charge in [0.1, 0.15) is 16.5 Å². The molecule has 0 amide bonds. The average molecular weight is 429 g/mol. The van der Waals surface area contributed by atoms with Gasteiger partial charge in [0.25, 0.3) is 0 Å². The van der Waals surface area contributed by atoms with E-state index in [2.05, 4.69) is 32.8 Å². The third-order valence-electron chi connectivity index (χ3n) is 5.54. The normalized spacial score (nSPS) is 16.2. The third kappa shape index (κ3) is 4.19. The summed E-state index contributed by atoms with van der Waals surface area (Å²) in [6, 6.07) is 11.5. The van der Waals surface area contributed by atoms with Gasteiger partial charge in [-0.2, -0.15) is 4.31 Å². The lowest BCUT2D eigenvalue weighted by atomic mass is 10.3. The quantitative estimate of drug-likeness (QED) is 0.620. The molecule has 0 unspecified atom stereocenters. The van der Waals surface area contributed by atoms with Crippen molar-refractivity contribution in [2.45, 2.75) is 24.8 Å². The summed E-state index contributed by atoms with van der Waals surface area (Å²) < 4.78 is 29.3. The Morgan fingerprint density at radius 2 is 1.83 bits per heavy atom. The maximum atomic E-state index is 12.8. The molecule has 0 aliphatic carbocycles. The van der Waals surface area contributed by atoms with Crippen LogP contribution in [0.4, 0.5) is 5.82 Å². The number of aryl methyl sites for hydroxylation is 1. The monoisotopic (exact) mass is 428 g/mol. The van der Waals surface area contributed by atoms with Crippen molar-refractivity contribution in [1.82, 2.24) is 23.7 Å². The highest BCUT2D eigenvalue weighted by Crippen LogP contribution is 2.19. The first-order valence-corrected chi connectivity index (χ1v) is 11.8. The van der Waals surface area contributed by atoms with E-state index in [1.165, 1.54) is 10.5 Å². The van der Waals surface area contributed by atoms with E-state index >= 15 is 0 Å². The Bertz CT molecular complexity index is 1100. The van der Waals surface area contributed by atoms with Crippen LogP contribution in [-0.2, 0) is 23.0 Å². The van der Waals surface area contributed by atoms with E-state index < -0.39 is 10.0 Å². The van der Waals surface area contributed by atoms with E-state index in [-0.39, 0.29) is 4.90 Å². The highest BCUT2D eigenvalue weighted by atomic mass is 32.2. The number of aromatic nitrogens is 3. The lowest BCUT2D eigenvalue weighted by molar-refractivity contribution is 0.222. The Labute approximate surface area is 177 Å². The van der Waals surface area contributed by atoms with Crippen LogP contribution in [0.5, 0.6) is 0 Å². The third-order valence-corrected chi connectivity index (χ3v) is 7.42. The molecular formula is C21H28N6O2S. The fourth-order valence-corrected chi connectivity index (χ4v) is 5.15. The molecule has 160 valence electrons. The summed E-state index contributed by atoms with van der Waals surface area (Å²) in [7, 11) is -1.48. The van der Waals surface area contributed by atoms with Crippen molar-refractivity contribution in [3.63, 3.8) is 0 Å². The number of nitrogens with one attached hydrogen (secondary N) is 1. The standard InChI is InChI=1S/C21H28N6O2S/c1-3-27-19-7-5-4-6-18(19)24-21(27)10-11-22-20-9-8-17(16-23-20)30(28,29)26-14-12-25(2)13-15-26/h4-9,16H,3,10-15H2,1-2H3,(H,22,23). The summed E-state index contributed by atoms with van der Waals surface area (Å²) in [4.78, 5) is 11.4. The molecule has 1 aliphatic heterocycles. The molecule has 30 heavy (non-hydrogen) atoms. The summed E-state index contributed by atoms with van der Waals surface area (Å²) in [5, 5.41) is 3.27. The van der Waals surface area contributed by atoms with Gasteiger partial charge in [0.05, 0.1) is 11.0 Å². The molecule has 2 aromatic heterocycles. The predicted octanol–water partition coefficient (Wildman–Crippen LogP) is 2.04. The smallest absolute Gasteiger partial charge is 0.244 e. The lowest BCUT2D eigenvalue weighted by Gasteiger charge is -2.31. The van der Waals surface area contributed by atoms with Crippen molar-refractivity contribution in [1.29, 1.82) is 0 Å². The molecule has 0 atom stereocenters. The Morgan fingerprint density at radius 3 is 2.53 bits per heavy atom. The van der Waals surface area contributed by atoms with Crippen molar-refractivity contribution in [3.05, 3.63) is 48.4 Å². The van der Waals surface area contributed by atoms with Crippen molar-refractivity contribution in [3.8, 4) is 0 Å². The Morgan fingerprint density at radius 1 is 1.07 bits per heavy atom. The number of likely N-dealkylation sites (N-methyl/N-ethyl adjacent to an activating group) is 1. The van der Waals surface area contributed by atoms with E-state index in [1.54, 1.807) is 12.1 Å². The second-order valence-corrected chi connectivity index (χ2v) is 9.46. The minimum atomic E-state index is -3.49. The van der Waals surface area contributed by atoms with Crippen LogP contribution in [0.2, 0.25) is 0 Å². The maximum absolute atomic E-state index is 12.8. The number of pyridine rings is 1. The van der Waals surface area contributed by atoms with Crippen molar-refractivity contribution in [2.75, 3.05) is 45.1 Å². The van der Waals surface area contributed by atoms with E-state index in [4.69, 9.17) is 4.98 Å². The van der Waals surface area contributed by atoms with Crippen LogP contribution in [0, 0.1) is 0 Å². The van der Waals surface area contributed by atoms with Crippen LogP contribution in [-0.4, -0.2) is 71.9 Å². The Hall–Kier alpha value is -2.49. The van der Waals surface area contributed by atoms with Crippen molar-refractivity contribution in [2.24, 2.45) is 0 Å². The molecule has 0 spiro atoms. The topological polar surface area (TPSA) is 83.4 Å². The number of imidazole rings is 1. The zero-order valence-corrected chi connectivity index (χ0v) is 18.3. The van der Waals surface area contributed by atoms with Gasteiger partial charge in [0.15, 0.2) is 0 Å². The summed E-state index contributed by atoms with van der Waals surface area (Å²) in [6.07, 6.45) is 2.20. The number of nitrogens with zero attached hydrogens (tertiary/aromatic N) is 5. The van der Waals surface area contributed by atoms with E-state index in [9.17, 15) is 8.42 Å². The van der Waals surface area contributed by atoms with Gasteiger partial charge in [-0.25, -0.2) is 18.4 Å². The maximum Gasteiger partial charge on any atom is 0.244 e. The second-order valence-electron chi connectivity index (χ2n) is 7.52. The number of sulfonamides is 1. The molecule has 1 aliphatic rings. The fraction of sp³-hybridized carbons (Fsp3) is 0.429. The second kappa shape index (κ2) is 8.71. The predicted molar refractivity (Wildman–Crippen MR) is 118 cm³/mol. The summed E-state index contributed by atoms with van der Waals surface area (Å²) in [6.45, 7) is 6.16. The molecule has 3 heterocycles. The minimum absolute atomic E-state index is 0.241. The van der Waals surface area contributed by atoms with Crippen LogP contribution in [0.3, 0.4) is 0 Å². The summed E-state index contributed by atoms with van der Waals surface area (Å²) in [5.41, 5.74) is 2.15. The Kier molecular flexibility index (Phi) is 6.03. The number of anilines is 1. The highest BCUT2D eigenvalue weighted by Gasteiger charge is 2.27. The van der Waals surface area contributed by atoms with Gasteiger partial charge in [-0.3, -0.25) is 0 Å². The van der Waals surface area contributed by atoms with Gasteiger partial charge in [-0.15, -0.1) is 0 Å². The molecule has 0 bridgehead atoms. The number of fused-ring (bicyclic) bond motifs is 1. The first kappa shape index (κ1) is 20.8. The number of rotatable bonds is 7. The van der Waals surface area contributed by atoms with Gasteiger partial charge >= 0.3 is 0 Å². The summed E-state index contributed by atoms with van der Waals surface area (Å²) >= 11 is 0.